The fraction of sp³-hybridized carbons (Fsp3) is 0.222. The Kier molecular flexibility index (Phi) is 5.55. The molecule has 0 amide bonds. The zero-order valence-electron chi connectivity index (χ0n) is 18.1. The minimum atomic E-state index is -1.08. The Hall–Kier alpha value is -3.53. The van der Waals surface area contributed by atoms with Crippen LogP contribution in [0.5, 0.6) is 0 Å². The van der Waals surface area contributed by atoms with Gasteiger partial charge in [0.15, 0.2) is 11.3 Å². The number of aliphatic hydroxyl groups excluding tert-OH is 1. The molecule has 0 aromatic heterocycles. The molecule has 1 heterocycles. The molecule has 1 aliphatic heterocycles. The Morgan fingerprint density at radius 3 is 2.03 bits per heavy atom. The molecule has 0 unspecified atom stereocenters. The number of carbonyl (C=O) groups is 1. The van der Waals surface area contributed by atoms with Crippen molar-refractivity contribution in [3.05, 3.63) is 113 Å². The first-order valence-electron chi connectivity index (χ1n) is 10.5. The summed E-state index contributed by atoms with van der Waals surface area (Å²) in [6, 6.07) is 25.2. The van der Waals surface area contributed by atoms with Gasteiger partial charge in [-0.1, -0.05) is 86.6 Å². The molecule has 0 saturated carbocycles. The number of ether oxygens (including phenoxy) is 1. The molecule has 0 saturated heterocycles. The van der Waals surface area contributed by atoms with Gasteiger partial charge < -0.3 is 15.2 Å². The molecule has 4 rings (SSSR count). The maximum Gasteiger partial charge on any atom is 0.359 e. The van der Waals surface area contributed by atoms with Crippen LogP contribution in [0.3, 0.4) is 0 Å². The first-order chi connectivity index (χ1) is 14.9. The number of rotatable bonds is 5. The van der Waals surface area contributed by atoms with E-state index < -0.39 is 11.6 Å². The highest BCUT2D eigenvalue weighted by Gasteiger charge is 2.45. The molecular weight excluding hydrogens is 386 g/mol. The van der Waals surface area contributed by atoms with Crippen molar-refractivity contribution >= 4 is 11.7 Å². The van der Waals surface area contributed by atoms with Crippen molar-refractivity contribution < 1.29 is 14.6 Å². The van der Waals surface area contributed by atoms with E-state index in [2.05, 4.69) is 19.2 Å². The number of hydrogen-bond donors (Lipinski definition) is 2. The van der Waals surface area contributed by atoms with Crippen LogP contribution < -0.4 is 5.32 Å². The average Bonchev–Trinajstić information content (AvgIpc) is 2.77. The Balaban J connectivity index is 1.78. The monoisotopic (exact) mass is 413 g/mol. The Morgan fingerprint density at radius 2 is 1.52 bits per heavy atom. The van der Waals surface area contributed by atoms with Crippen molar-refractivity contribution in [2.75, 3.05) is 5.32 Å². The zero-order valence-corrected chi connectivity index (χ0v) is 18.1. The van der Waals surface area contributed by atoms with Crippen LogP contribution in [-0.4, -0.2) is 11.1 Å². The minimum Gasteiger partial charge on any atom is -0.510 e. The van der Waals surface area contributed by atoms with Crippen molar-refractivity contribution in [2.45, 2.75) is 38.7 Å². The second-order valence-corrected chi connectivity index (χ2v) is 8.32. The summed E-state index contributed by atoms with van der Waals surface area (Å²) < 4.78 is 6.11. The molecule has 2 N–H and O–H groups in total. The molecule has 0 aliphatic carbocycles. The van der Waals surface area contributed by atoms with Crippen molar-refractivity contribution in [1.29, 1.82) is 0 Å². The Morgan fingerprint density at radius 1 is 0.935 bits per heavy atom. The third kappa shape index (κ3) is 3.93. The summed E-state index contributed by atoms with van der Waals surface area (Å²) in [6.07, 6.45) is 0.151. The lowest BCUT2D eigenvalue weighted by atomic mass is 9.81. The number of anilines is 1. The van der Waals surface area contributed by atoms with Crippen LogP contribution in [0.1, 0.15) is 48.4 Å². The van der Waals surface area contributed by atoms with Gasteiger partial charge in [0.2, 0.25) is 0 Å². The number of benzene rings is 3. The molecule has 0 atom stereocenters. The van der Waals surface area contributed by atoms with E-state index in [1.54, 1.807) is 0 Å². The van der Waals surface area contributed by atoms with Gasteiger partial charge in [0, 0.05) is 16.8 Å². The molecular formula is C27H27NO3. The lowest BCUT2D eigenvalue weighted by Crippen LogP contribution is -2.40. The van der Waals surface area contributed by atoms with Gasteiger partial charge in [-0.05, 0) is 30.0 Å². The third-order valence-corrected chi connectivity index (χ3v) is 5.75. The smallest absolute Gasteiger partial charge is 0.359 e. The lowest BCUT2D eigenvalue weighted by Gasteiger charge is -2.38. The first-order valence-corrected chi connectivity index (χ1v) is 10.5. The summed E-state index contributed by atoms with van der Waals surface area (Å²) in [6.45, 7) is 6.19. The predicted molar refractivity (Wildman–Crippen MR) is 123 cm³/mol. The highest BCUT2D eigenvalue weighted by Crippen LogP contribution is 2.43. The predicted octanol–water partition coefficient (Wildman–Crippen LogP) is 6.19. The number of hydrogen-bond acceptors (Lipinski definition) is 4. The van der Waals surface area contributed by atoms with Crippen molar-refractivity contribution in [3.8, 4) is 0 Å². The number of aliphatic hydroxyl groups is 1. The van der Waals surface area contributed by atoms with Crippen molar-refractivity contribution in [1.82, 2.24) is 0 Å². The minimum absolute atomic E-state index is 0.0137. The highest BCUT2D eigenvalue weighted by atomic mass is 16.6. The summed E-state index contributed by atoms with van der Waals surface area (Å²) >= 11 is 0. The lowest BCUT2D eigenvalue weighted by molar-refractivity contribution is -0.155. The normalized spacial score (nSPS) is 15.7. The van der Waals surface area contributed by atoms with Crippen LogP contribution in [0.15, 0.2) is 90.3 Å². The maximum atomic E-state index is 13.2. The van der Waals surface area contributed by atoms with E-state index in [9.17, 15) is 9.90 Å². The number of carbonyl (C=O) groups excluding carboxylic acids is 1. The van der Waals surface area contributed by atoms with Gasteiger partial charge in [-0.25, -0.2) is 4.79 Å². The zero-order chi connectivity index (χ0) is 22.0. The molecule has 0 fully saturated rings. The van der Waals surface area contributed by atoms with Gasteiger partial charge in [0.25, 0.3) is 0 Å². The van der Waals surface area contributed by atoms with E-state index in [-0.39, 0.29) is 23.8 Å². The van der Waals surface area contributed by atoms with Gasteiger partial charge in [-0.3, -0.25) is 0 Å². The summed E-state index contributed by atoms with van der Waals surface area (Å²) in [4.78, 5) is 13.2. The topological polar surface area (TPSA) is 58.6 Å². The first kappa shape index (κ1) is 20.7. The van der Waals surface area contributed by atoms with Crippen LogP contribution in [0.25, 0.3) is 0 Å². The van der Waals surface area contributed by atoms with E-state index in [4.69, 9.17) is 4.74 Å². The molecule has 3 aromatic carbocycles. The number of nitrogens with one attached hydrogen (secondary N) is 1. The van der Waals surface area contributed by atoms with E-state index in [1.165, 1.54) is 0 Å². The van der Waals surface area contributed by atoms with Crippen LogP contribution >= 0.6 is 0 Å². The fourth-order valence-corrected chi connectivity index (χ4v) is 4.13. The molecule has 0 spiro atoms. The standard InChI is InChI=1S/C27H27NO3/c1-18(2)22-15-14-19(3)16-23(22)28-25-24(29)17-27(31-26(25)30,20-10-6-4-7-11-20)21-12-8-5-9-13-21/h4-16,18,28-29H,17H2,1-3H3. The molecule has 158 valence electrons. The van der Waals surface area contributed by atoms with Gasteiger partial charge in [-0.15, -0.1) is 0 Å². The third-order valence-electron chi connectivity index (χ3n) is 5.75. The Labute approximate surface area is 183 Å². The molecule has 1 aliphatic rings. The van der Waals surface area contributed by atoms with Gasteiger partial charge in [-0.2, -0.15) is 0 Å². The fourth-order valence-electron chi connectivity index (χ4n) is 4.13. The van der Waals surface area contributed by atoms with E-state index >= 15 is 0 Å². The molecule has 4 heteroatoms. The van der Waals surface area contributed by atoms with E-state index in [0.717, 1.165) is 27.9 Å². The molecule has 0 radical (unpaired) electrons. The highest BCUT2D eigenvalue weighted by molar-refractivity contribution is 5.94. The summed E-state index contributed by atoms with van der Waals surface area (Å²) in [5.41, 5.74) is 3.59. The van der Waals surface area contributed by atoms with Gasteiger partial charge in [0.05, 0.1) is 6.42 Å². The van der Waals surface area contributed by atoms with Gasteiger partial charge in [0.1, 0.15) is 5.76 Å². The van der Waals surface area contributed by atoms with Crippen molar-refractivity contribution in [3.63, 3.8) is 0 Å². The van der Waals surface area contributed by atoms with Crippen LogP contribution in [0.4, 0.5) is 5.69 Å². The van der Waals surface area contributed by atoms with Crippen LogP contribution in [-0.2, 0) is 15.1 Å². The second-order valence-electron chi connectivity index (χ2n) is 8.32. The van der Waals surface area contributed by atoms with Crippen molar-refractivity contribution in [2.24, 2.45) is 0 Å². The van der Waals surface area contributed by atoms with Gasteiger partial charge >= 0.3 is 5.97 Å². The maximum absolute atomic E-state index is 13.2. The largest absolute Gasteiger partial charge is 0.510 e. The molecule has 31 heavy (non-hydrogen) atoms. The van der Waals surface area contributed by atoms with Crippen LogP contribution in [0, 0.1) is 6.92 Å². The molecule has 0 bridgehead atoms. The SMILES string of the molecule is Cc1ccc(C(C)C)c(NC2=C(O)CC(c3ccccc3)(c3ccccc3)OC2=O)c1. The summed E-state index contributed by atoms with van der Waals surface area (Å²) in [7, 11) is 0. The summed E-state index contributed by atoms with van der Waals surface area (Å²) in [5, 5.41) is 14.2. The number of cyclic esters (lactones) is 1. The summed E-state index contributed by atoms with van der Waals surface area (Å²) in [5.74, 6) is -0.328. The van der Waals surface area contributed by atoms with E-state index in [1.807, 2.05) is 85.8 Å². The van der Waals surface area contributed by atoms with E-state index in [0.29, 0.717) is 0 Å². The van der Waals surface area contributed by atoms with Crippen LogP contribution in [0.2, 0.25) is 0 Å². The number of esters is 1. The second kappa shape index (κ2) is 8.31. The Bertz CT molecular complexity index is 1080. The number of aryl methyl sites for hydroxylation is 1. The quantitative estimate of drug-likeness (QED) is 0.490. The average molecular weight is 414 g/mol. The molecule has 4 nitrogen and oxygen atoms in total. The molecule has 3 aromatic rings.